The second-order valence-electron chi connectivity index (χ2n) is 13.4. The minimum Gasteiger partial charge on any atom is -0.348 e. The highest BCUT2D eigenvalue weighted by atomic mass is 16.8. The van der Waals surface area contributed by atoms with Gasteiger partial charge in [-0.25, -0.2) is 0 Å². The normalized spacial score (nSPS) is 34.1. The van der Waals surface area contributed by atoms with Gasteiger partial charge in [-0.2, -0.15) is 0 Å². The molecule has 3 aliphatic rings. The first-order valence-corrected chi connectivity index (χ1v) is 16.9. The molecule has 3 saturated carbocycles. The van der Waals surface area contributed by atoms with E-state index in [1.165, 1.54) is 44.9 Å². The molecule has 0 heterocycles. The summed E-state index contributed by atoms with van der Waals surface area (Å²) in [5.74, 6) is 8.90. The first-order chi connectivity index (χ1) is 18.4. The van der Waals surface area contributed by atoms with E-state index in [9.17, 15) is 0 Å². The van der Waals surface area contributed by atoms with E-state index >= 15 is 0 Å². The fourth-order valence-electron chi connectivity index (χ4n) is 6.92. The summed E-state index contributed by atoms with van der Waals surface area (Å²) in [6, 6.07) is 0. The third-order valence-corrected chi connectivity index (χ3v) is 9.48. The van der Waals surface area contributed by atoms with Gasteiger partial charge in [-0.1, -0.05) is 81.6 Å². The van der Waals surface area contributed by atoms with Crippen molar-refractivity contribution in [1.29, 1.82) is 0 Å². The maximum atomic E-state index is 5.38. The van der Waals surface area contributed by atoms with Crippen molar-refractivity contribution >= 4 is 0 Å². The van der Waals surface area contributed by atoms with E-state index in [0.29, 0.717) is 26.4 Å². The molecule has 0 aromatic carbocycles. The van der Waals surface area contributed by atoms with E-state index in [0.717, 1.165) is 53.3 Å². The van der Waals surface area contributed by atoms with Crippen LogP contribution in [-0.4, -0.2) is 39.0 Å². The number of ether oxygens (including phenoxy) is 4. The Morgan fingerprint density at radius 1 is 0.410 bits per heavy atom. The van der Waals surface area contributed by atoms with Crippen LogP contribution < -0.4 is 0 Å². The van der Waals surface area contributed by atoms with Crippen LogP contribution in [0.3, 0.4) is 0 Å². The van der Waals surface area contributed by atoms with Crippen molar-refractivity contribution in [1.82, 2.24) is 0 Å². The van der Waals surface area contributed by atoms with Crippen molar-refractivity contribution in [3.8, 4) is 0 Å². The Morgan fingerprint density at radius 3 is 0.821 bits per heavy atom. The van der Waals surface area contributed by atoms with Crippen LogP contribution in [0.15, 0.2) is 0 Å². The molecule has 0 aromatic heterocycles. The summed E-state index contributed by atoms with van der Waals surface area (Å²) in [6.45, 7) is 31.3. The molecule has 2 atom stereocenters. The minimum atomic E-state index is -0.426. The van der Waals surface area contributed by atoms with Crippen LogP contribution in [0.2, 0.25) is 0 Å². The van der Waals surface area contributed by atoms with Crippen LogP contribution >= 0.6 is 0 Å². The first kappa shape index (κ1) is 38.8. The molecule has 0 aromatic rings. The first-order valence-electron chi connectivity index (χ1n) is 16.9. The van der Waals surface area contributed by atoms with E-state index < -0.39 is 12.6 Å². The van der Waals surface area contributed by atoms with Crippen LogP contribution in [0.5, 0.6) is 0 Å². The van der Waals surface area contributed by atoms with Gasteiger partial charge in [0.1, 0.15) is 0 Å². The summed E-state index contributed by atoms with van der Waals surface area (Å²) in [7, 11) is 0. The Morgan fingerprint density at radius 2 is 0.641 bits per heavy atom. The zero-order valence-electron chi connectivity index (χ0n) is 28.8. The lowest BCUT2D eigenvalue weighted by Crippen LogP contribution is -2.39. The largest absolute Gasteiger partial charge is 0.348 e. The predicted molar refractivity (Wildman–Crippen MR) is 169 cm³/mol. The Labute approximate surface area is 246 Å². The Bertz CT molecular complexity index is 464. The lowest BCUT2D eigenvalue weighted by Gasteiger charge is -2.45. The fourth-order valence-corrected chi connectivity index (χ4v) is 6.92. The third kappa shape index (κ3) is 16.8. The Balaban J connectivity index is 0.000000508. The molecule has 0 amide bonds. The Kier molecular flexibility index (Phi) is 22.3. The second kappa shape index (κ2) is 22.4. The van der Waals surface area contributed by atoms with Gasteiger partial charge in [0.2, 0.25) is 12.6 Å². The zero-order valence-corrected chi connectivity index (χ0v) is 28.8. The van der Waals surface area contributed by atoms with Gasteiger partial charge in [0.15, 0.2) is 0 Å². The van der Waals surface area contributed by atoms with Crippen molar-refractivity contribution in [3.63, 3.8) is 0 Å². The lowest BCUT2D eigenvalue weighted by atomic mass is 9.60. The van der Waals surface area contributed by atoms with Gasteiger partial charge in [-0.05, 0) is 107 Å². The van der Waals surface area contributed by atoms with Crippen molar-refractivity contribution in [3.05, 3.63) is 0 Å². The monoisotopic (exact) mass is 557 g/mol. The zero-order chi connectivity index (χ0) is 30.0. The number of hydrogen-bond donors (Lipinski definition) is 0. The molecule has 0 N–H and O–H groups in total. The van der Waals surface area contributed by atoms with Gasteiger partial charge in [0.05, 0.1) is 0 Å². The summed E-state index contributed by atoms with van der Waals surface area (Å²) in [5, 5.41) is 0. The Hall–Kier alpha value is -0.160. The average Bonchev–Trinajstić information content (AvgIpc) is 2.87. The van der Waals surface area contributed by atoms with Crippen LogP contribution in [0, 0.1) is 53.3 Å². The minimum absolute atomic E-state index is 0.426. The molecular weight excluding hydrogens is 484 g/mol. The molecule has 0 spiro atoms. The SMILES string of the molecule is CC1C(C)C(C)C1C.CC1CC(C)CC(C)C1.CC1CCCC(C)C1.CCOC(OCC)C(OCC)OCC. The molecule has 0 bridgehead atoms. The van der Waals surface area contributed by atoms with Gasteiger partial charge in [0, 0.05) is 26.4 Å². The predicted octanol–water partition coefficient (Wildman–Crippen LogP) is 10.2. The number of hydrogen-bond acceptors (Lipinski definition) is 4. The highest BCUT2D eigenvalue weighted by Gasteiger charge is 2.38. The third-order valence-electron chi connectivity index (χ3n) is 9.48. The van der Waals surface area contributed by atoms with E-state index in [1.54, 1.807) is 0 Å². The fraction of sp³-hybridized carbons (Fsp3) is 1.00. The topological polar surface area (TPSA) is 36.9 Å². The molecule has 0 radical (unpaired) electrons. The van der Waals surface area contributed by atoms with Gasteiger partial charge in [-0.15, -0.1) is 0 Å². The van der Waals surface area contributed by atoms with Crippen molar-refractivity contribution in [2.45, 2.75) is 148 Å². The smallest absolute Gasteiger partial charge is 0.209 e. The summed E-state index contributed by atoms with van der Waals surface area (Å²) in [5.41, 5.74) is 0. The summed E-state index contributed by atoms with van der Waals surface area (Å²) in [6.07, 6.45) is 9.44. The van der Waals surface area contributed by atoms with E-state index in [1.807, 2.05) is 27.7 Å². The van der Waals surface area contributed by atoms with Crippen molar-refractivity contribution in [2.75, 3.05) is 26.4 Å². The molecular formula is C35H72O4. The molecule has 236 valence electrons. The molecule has 4 heteroatoms. The molecule has 2 unspecified atom stereocenters. The highest BCUT2D eigenvalue weighted by Crippen LogP contribution is 2.44. The van der Waals surface area contributed by atoms with Crippen LogP contribution in [0.1, 0.15) is 135 Å². The number of rotatable bonds is 9. The quantitative estimate of drug-likeness (QED) is 0.265. The molecule has 3 aliphatic carbocycles. The van der Waals surface area contributed by atoms with Crippen molar-refractivity contribution < 1.29 is 18.9 Å². The van der Waals surface area contributed by atoms with Crippen LogP contribution in [-0.2, 0) is 18.9 Å². The van der Waals surface area contributed by atoms with Crippen molar-refractivity contribution in [2.24, 2.45) is 53.3 Å². The lowest BCUT2D eigenvalue weighted by molar-refractivity contribution is -0.281. The molecule has 0 saturated heterocycles. The molecule has 3 rings (SSSR count). The summed E-state index contributed by atoms with van der Waals surface area (Å²) < 4.78 is 21.5. The van der Waals surface area contributed by atoms with Gasteiger partial charge in [0.25, 0.3) is 0 Å². The van der Waals surface area contributed by atoms with Crippen LogP contribution in [0.25, 0.3) is 0 Å². The van der Waals surface area contributed by atoms with E-state index in [4.69, 9.17) is 18.9 Å². The second-order valence-corrected chi connectivity index (χ2v) is 13.4. The molecule has 4 nitrogen and oxygen atoms in total. The van der Waals surface area contributed by atoms with Crippen LogP contribution in [0.4, 0.5) is 0 Å². The van der Waals surface area contributed by atoms with Gasteiger partial charge < -0.3 is 18.9 Å². The van der Waals surface area contributed by atoms with E-state index in [-0.39, 0.29) is 0 Å². The molecule has 0 aliphatic heterocycles. The molecule has 3 fully saturated rings. The maximum absolute atomic E-state index is 5.38. The maximum Gasteiger partial charge on any atom is 0.209 e. The van der Waals surface area contributed by atoms with E-state index in [2.05, 4.69) is 62.3 Å². The molecule has 39 heavy (non-hydrogen) atoms. The van der Waals surface area contributed by atoms with Gasteiger partial charge >= 0.3 is 0 Å². The average molecular weight is 557 g/mol. The highest BCUT2D eigenvalue weighted by molar-refractivity contribution is 4.86. The van der Waals surface area contributed by atoms with Gasteiger partial charge in [-0.3, -0.25) is 0 Å². The summed E-state index contributed by atoms with van der Waals surface area (Å²) in [4.78, 5) is 0. The summed E-state index contributed by atoms with van der Waals surface area (Å²) >= 11 is 0. The standard InChI is InChI=1S/C10H22O4.C9H18.2C8H16/c1-5-11-9(12-6-2)10(13-7-3)14-8-4;1-7-4-8(2)6-9(3)5-7;1-5-6(2)8(4)7(5)3;1-7-4-3-5-8(2)6-7/h9-10H,5-8H2,1-4H3;7-9H,4-6H2,1-3H3;5-8H,1-4H3;7-8H,3-6H2,1-2H3.